The average molecular weight is 487 g/mol. The lowest BCUT2D eigenvalue weighted by Crippen LogP contribution is -2.47. The van der Waals surface area contributed by atoms with Crippen molar-refractivity contribution in [1.29, 1.82) is 0 Å². The molecule has 1 amide bonds. The van der Waals surface area contributed by atoms with E-state index in [0.29, 0.717) is 42.8 Å². The van der Waals surface area contributed by atoms with Crippen molar-refractivity contribution in [3.63, 3.8) is 0 Å². The number of carbonyl (C=O) groups is 1. The van der Waals surface area contributed by atoms with Crippen molar-refractivity contribution in [2.75, 3.05) is 13.1 Å². The van der Waals surface area contributed by atoms with Crippen LogP contribution < -0.4 is 5.32 Å². The van der Waals surface area contributed by atoms with Crippen molar-refractivity contribution >= 4 is 27.0 Å². The summed E-state index contributed by atoms with van der Waals surface area (Å²) in [5.74, 6) is 1.47. The predicted octanol–water partition coefficient (Wildman–Crippen LogP) is 4.56. The number of fused-ring (bicyclic) bond motifs is 1. The van der Waals surface area contributed by atoms with Crippen molar-refractivity contribution in [1.82, 2.24) is 19.2 Å². The summed E-state index contributed by atoms with van der Waals surface area (Å²) in [6, 6.07) is 6.11. The Labute approximate surface area is 203 Å². The minimum Gasteiger partial charge on any atom is -0.353 e. The number of hydrogen-bond donors (Lipinski definition) is 1. The molecule has 1 N–H and O–H groups in total. The van der Waals surface area contributed by atoms with E-state index in [2.05, 4.69) is 16.8 Å². The maximum atomic E-state index is 13.4. The highest BCUT2D eigenvalue weighted by Gasteiger charge is 2.34. The van der Waals surface area contributed by atoms with Gasteiger partial charge in [-0.05, 0) is 69.6 Å². The molecule has 1 aromatic carbocycles. The van der Waals surface area contributed by atoms with E-state index in [1.165, 1.54) is 32.1 Å². The van der Waals surface area contributed by atoms with Crippen LogP contribution in [0.2, 0.25) is 0 Å². The zero-order valence-corrected chi connectivity index (χ0v) is 21.3. The molecule has 2 saturated carbocycles. The van der Waals surface area contributed by atoms with E-state index in [-0.39, 0.29) is 17.9 Å². The summed E-state index contributed by atoms with van der Waals surface area (Å²) < 4.78 is 30.6. The van der Waals surface area contributed by atoms with Crippen LogP contribution in [0.25, 0.3) is 11.0 Å². The van der Waals surface area contributed by atoms with E-state index >= 15 is 0 Å². The molecule has 2 aromatic rings. The van der Waals surface area contributed by atoms with Gasteiger partial charge in [-0.15, -0.1) is 0 Å². The van der Waals surface area contributed by atoms with Gasteiger partial charge in [0.2, 0.25) is 15.9 Å². The second-order valence-corrected chi connectivity index (χ2v) is 12.6. The lowest BCUT2D eigenvalue weighted by atomic mass is 9.85. The molecule has 3 fully saturated rings. The zero-order valence-electron chi connectivity index (χ0n) is 20.5. The lowest BCUT2D eigenvalue weighted by molar-refractivity contribution is -0.127. The SMILES string of the molecule is Cc1nc2cc(S(=O)(=O)N3CCC(C(=O)N[C@H]4CCCC[C@@H]4C)CC3)ccc2n1C1CCCC1. The van der Waals surface area contributed by atoms with Crippen LogP contribution in [-0.2, 0) is 14.8 Å². The summed E-state index contributed by atoms with van der Waals surface area (Å²) in [5.41, 5.74) is 1.78. The number of hydrogen-bond acceptors (Lipinski definition) is 4. The molecule has 34 heavy (non-hydrogen) atoms. The number of sulfonamides is 1. The summed E-state index contributed by atoms with van der Waals surface area (Å²) in [6.45, 7) is 4.99. The number of piperidine rings is 1. The second kappa shape index (κ2) is 9.61. The van der Waals surface area contributed by atoms with Gasteiger partial charge in [0.1, 0.15) is 5.82 Å². The van der Waals surface area contributed by atoms with Gasteiger partial charge in [-0.1, -0.05) is 32.6 Å². The van der Waals surface area contributed by atoms with Crippen LogP contribution in [0, 0.1) is 18.8 Å². The third-order valence-corrected chi connectivity index (χ3v) is 10.3. The number of imidazole rings is 1. The number of aromatic nitrogens is 2. The molecule has 3 aliphatic rings. The summed E-state index contributed by atoms with van der Waals surface area (Å²) in [6.07, 6.45) is 10.6. The third kappa shape index (κ3) is 4.51. The molecule has 1 aromatic heterocycles. The van der Waals surface area contributed by atoms with Gasteiger partial charge < -0.3 is 9.88 Å². The van der Waals surface area contributed by atoms with Crippen molar-refractivity contribution in [2.45, 2.75) is 95.0 Å². The maximum Gasteiger partial charge on any atom is 0.243 e. The van der Waals surface area contributed by atoms with E-state index in [1.54, 1.807) is 16.4 Å². The molecule has 2 heterocycles. The Hall–Kier alpha value is -1.93. The number of benzene rings is 1. The number of nitrogens with one attached hydrogen (secondary N) is 1. The van der Waals surface area contributed by atoms with E-state index in [0.717, 1.165) is 36.1 Å². The largest absolute Gasteiger partial charge is 0.353 e. The Morgan fingerprint density at radius 3 is 2.38 bits per heavy atom. The quantitative estimate of drug-likeness (QED) is 0.672. The van der Waals surface area contributed by atoms with Gasteiger partial charge in [0, 0.05) is 31.1 Å². The van der Waals surface area contributed by atoms with E-state index < -0.39 is 10.0 Å². The molecule has 0 radical (unpaired) electrons. The molecule has 0 unspecified atom stereocenters. The van der Waals surface area contributed by atoms with Gasteiger partial charge in [-0.25, -0.2) is 13.4 Å². The molecule has 0 bridgehead atoms. The van der Waals surface area contributed by atoms with Gasteiger partial charge in [-0.3, -0.25) is 4.79 Å². The minimum atomic E-state index is -3.61. The van der Waals surface area contributed by atoms with Crippen LogP contribution in [0.15, 0.2) is 23.1 Å². The minimum absolute atomic E-state index is 0.102. The highest BCUT2D eigenvalue weighted by molar-refractivity contribution is 7.89. The van der Waals surface area contributed by atoms with Crippen LogP contribution in [0.5, 0.6) is 0 Å². The lowest BCUT2D eigenvalue weighted by Gasteiger charge is -2.34. The summed E-state index contributed by atoms with van der Waals surface area (Å²) in [7, 11) is -3.61. The van der Waals surface area contributed by atoms with Gasteiger partial charge in [0.15, 0.2) is 0 Å². The van der Waals surface area contributed by atoms with Crippen LogP contribution in [0.1, 0.15) is 83.0 Å². The highest BCUT2D eigenvalue weighted by Crippen LogP contribution is 2.34. The van der Waals surface area contributed by atoms with Crippen molar-refractivity contribution in [2.24, 2.45) is 11.8 Å². The number of carbonyl (C=O) groups excluding carboxylic acids is 1. The zero-order chi connectivity index (χ0) is 23.9. The third-order valence-electron chi connectivity index (χ3n) is 8.43. The first-order valence-electron chi connectivity index (χ1n) is 13.1. The summed E-state index contributed by atoms with van der Waals surface area (Å²) >= 11 is 0. The Bertz CT molecular complexity index is 1140. The van der Waals surface area contributed by atoms with Crippen molar-refractivity contribution < 1.29 is 13.2 Å². The number of aryl methyl sites for hydroxylation is 1. The van der Waals surface area contributed by atoms with Crippen LogP contribution in [-0.4, -0.2) is 47.3 Å². The Morgan fingerprint density at radius 2 is 1.68 bits per heavy atom. The fourth-order valence-electron chi connectivity index (χ4n) is 6.32. The standard InChI is InChI=1S/C26H38N4O3S/c1-18-7-3-6-10-23(18)28-26(31)20-13-15-29(16-14-20)34(32,33)22-11-12-25-24(17-22)27-19(2)30(25)21-8-4-5-9-21/h11-12,17-18,20-21,23H,3-10,13-16H2,1-2H3,(H,28,31)/t18-,23-/m0/s1. The average Bonchev–Trinajstić information content (AvgIpc) is 3.46. The van der Waals surface area contributed by atoms with Crippen molar-refractivity contribution in [3.8, 4) is 0 Å². The molecule has 1 saturated heterocycles. The molecular weight excluding hydrogens is 448 g/mol. The fraction of sp³-hybridized carbons (Fsp3) is 0.692. The fourth-order valence-corrected chi connectivity index (χ4v) is 7.81. The topological polar surface area (TPSA) is 84.3 Å². The second-order valence-electron chi connectivity index (χ2n) is 10.7. The first-order valence-corrected chi connectivity index (χ1v) is 14.6. The Balaban J connectivity index is 1.26. The molecule has 186 valence electrons. The van der Waals surface area contributed by atoms with Gasteiger partial charge in [0.25, 0.3) is 0 Å². The first-order chi connectivity index (χ1) is 16.3. The van der Waals surface area contributed by atoms with Gasteiger partial charge in [0.05, 0.1) is 15.9 Å². The first kappa shape index (κ1) is 23.8. The summed E-state index contributed by atoms with van der Waals surface area (Å²) in [5, 5.41) is 3.26. The molecule has 8 heteroatoms. The summed E-state index contributed by atoms with van der Waals surface area (Å²) in [4.78, 5) is 17.8. The molecular formula is C26H38N4O3S. The molecule has 1 aliphatic heterocycles. The molecule has 7 nitrogen and oxygen atoms in total. The smallest absolute Gasteiger partial charge is 0.243 e. The highest BCUT2D eigenvalue weighted by atomic mass is 32.2. The number of nitrogens with zero attached hydrogens (tertiary/aromatic N) is 3. The number of rotatable bonds is 5. The Kier molecular flexibility index (Phi) is 6.73. The molecule has 2 atom stereocenters. The van der Waals surface area contributed by atoms with Crippen LogP contribution in [0.4, 0.5) is 0 Å². The molecule has 5 rings (SSSR count). The monoisotopic (exact) mass is 486 g/mol. The van der Waals surface area contributed by atoms with E-state index in [9.17, 15) is 13.2 Å². The molecule has 2 aliphatic carbocycles. The van der Waals surface area contributed by atoms with Gasteiger partial charge in [-0.2, -0.15) is 4.31 Å². The van der Waals surface area contributed by atoms with E-state index in [4.69, 9.17) is 4.98 Å². The van der Waals surface area contributed by atoms with Crippen molar-refractivity contribution in [3.05, 3.63) is 24.0 Å². The van der Waals surface area contributed by atoms with Crippen LogP contribution >= 0.6 is 0 Å². The van der Waals surface area contributed by atoms with Gasteiger partial charge >= 0.3 is 0 Å². The molecule has 0 spiro atoms. The number of amides is 1. The maximum absolute atomic E-state index is 13.4. The van der Waals surface area contributed by atoms with E-state index in [1.807, 2.05) is 13.0 Å². The Morgan fingerprint density at radius 1 is 1.00 bits per heavy atom. The normalized spacial score (nSPS) is 25.7. The van der Waals surface area contributed by atoms with Crippen LogP contribution in [0.3, 0.4) is 0 Å². The predicted molar refractivity (Wildman–Crippen MR) is 133 cm³/mol.